The Morgan fingerprint density at radius 2 is 2.00 bits per heavy atom. The van der Waals surface area contributed by atoms with Crippen LogP contribution in [0.15, 0.2) is 23.4 Å². The number of hydrogen-bond acceptors (Lipinski definition) is 5. The van der Waals surface area contributed by atoms with Gasteiger partial charge in [0.1, 0.15) is 5.82 Å². The molecule has 0 aliphatic heterocycles. The fourth-order valence-electron chi connectivity index (χ4n) is 2.34. The molecule has 2 amide bonds. The van der Waals surface area contributed by atoms with Crippen molar-refractivity contribution >= 4 is 29.3 Å². The quantitative estimate of drug-likeness (QED) is 0.717. The Labute approximate surface area is 152 Å². The first kappa shape index (κ1) is 18.3. The van der Waals surface area contributed by atoms with Gasteiger partial charge in [-0.3, -0.25) is 9.59 Å². The maximum absolute atomic E-state index is 13.1. The Morgan fingerprint density at radius 1 is 1.23 bits per heavy atom. The van der Waals surface area contributed by atoms with E-state index in [4.69, 9.17) is 0 Å². The first-order chi connectivity index (χ1) is 12.4. The highest BCUT2D eigenvalue weighted by Gasteiger charge is 2.28. The van der Waals surface area contributed by atoms with Crippen molar-refractivity contribution < 1.29 is 18.4 Å². The van der Waals surface area contributed by atoms with Crippen LogP contribution in [0.5, 0.6) is 0 Å². The Balaban J connectivity index is 1.43. The summed E-state index contributed by atoms with van der Waals surface area (Å²) in [6, 6.07) is 3.44. The van der Waals surface area contributed by atoms with Gasteiger partial charge < -0.3 is 15.2 Å². The molecular formula is C16H17F2N5O2S. The second-order valence-electron chi connectivity index (χ2n) is 5.87. The molecular weight excluding hydrogens is 364 g/mol. The minimum atomic E-state index is -1.06. The van der Waals surface area contributed by atoms with Gasteiger partial charge >= 0.3 is 0 Å². The first-order valence-corrected chi connectivity index (χ1v) is 8.98. The van der Waals surface area contributed by atoms with Gasteiger partial charge in [-0.05, 0) is 31.9 Å². The average Bonchev–Trinajstić information content (AvgIpc) is 3.37. The lowest BCUT2D eigenvalue weighted by molar-refractivity contribution is -0.122. The molecule has 1 heterocycles. The third-order valence-corrected chi connectivity index (χ3v) is 4.67. The van der Waals surface area contributed by atoms with Gasteiger partial charge in [-0.2, -0.15) is 0 Å². The Morgan fingerprint density at radius 3 is 2.69 bits per heavy atom. The lowest BCUT2D eigenvalue weighted by Gasteiger charge is -2.08. The molecule has 1 aromatic heterocycles. The van der Waals surface area contributed by atoms with E-state index in [1.165, 1.54) is 17.8 Å². The topological polar surface area (TPSA) is 88.9 Å². The van der Waals surface area contributed by atoms with Crippen LogP contribution in [0.3, 0.4) is 0 Å². The fourth-order valence-corrected chi connectivity index (χ4v) is 3.22. The number of aromatic nitrogens is 3. The number of benzene rings is 1. The summed E-state index contributed by atoms with van der Waals surface area (Å²) in [5.41, 5.74) is 0.116. The van der Waals surface area contributed by atoms with E-state index in [0.717, 1.165) is 30.8 Å². The maximum atomic E-state index is 13.1. The smallest absolute Gasteiger partial charge is 0.243 e. The zero-order valence-electron chi connectivity index (χ0n) is 14.0. The van der Waals surface area contributed by atoms with Crippen LogP contribution in [-0.4, -0.2) is 38.9 Å². The molecule has 1 saturated carbocycles. The summed E-state index contributed by atoms with van der Waals surface area (Å²) in [5.74, 6) is -2.00. The maximum Gasteiger partial charge on any atom is 0.243 e. The molecule has 1 aliphatic carbocycles. The molecule has 0 spiro atoms. The van der Waals surface area contributed by atoms with Gasteiger partial charge in [0.15, 0.2) is 16.8 Å². The molecule has 1 aliphatic rings. The molecule has 2 aromatic rings. The van der Waals surface area contributed by atoms with Gasteiger partial charge in [0.2, 0.25) is 11.8 Å². The molecule has 0 saturated heterocycles. The van der Waals surface area contributed by atoms with E-state index in [0.29, 0.717) is 11.2 Å². The van der Waals surface area contributed by atoms with E-state index < -0.39 is 17.5 Å². The molecule has 138 valence electrons. The van der Waals surface area contributed by atoms with Crippen LogP contribution >= 0.6 is 11.8 Å². The molecule has 0 bridgehead atoms. The van der Waals surface area contributed by atoms with E-state index >= 15 is 0 Å². The number of carbonyl (C=O) groups excluding carboxylic acids is 2. The summed E-state index contributed by atoms with van der Waals surface area (Å²) < 4.78 is 28.0. The number of aryl methyl sites for hydroxylation is 1. The largest absolute Gasteiger partial charge is 0.346 e. The molecule has 0 atom stereocenters. The van der Waals surface area contributed by atoms with Gasteiger partial charge in [-0.25, -0.2) is 8.78 Å². The van der Waals surface area contributed by atoms with Crippen LogP contribution < -0.4 is 10.6 Å². The number of halogens is 2. The highest BCUT2D eigenvalue weighted by atomic mass is 32.2. The average molecular weight is 381 g/mol. The summed E-state index contributed by atoms with van der Waals surface area (Å²) in [7, 11) is 0. The monoisotopic (exact) mass is 381 g/mol. The van der Waals surface area contributed by atoms with Crippen LogP contribution in [0.1, 0.15) is 24.7 Å². The van der Waals surface area contributed by atoms with Crippen molar-refractivity contribution in [1.82, 2.24) is 20.1 Å². The van der Waals surface area contributed by atoms with Crippen molar-refractivity contribution in [3.8, 4) is 0 Å². The van der Waals surface area contributed by atoms with E-state index in [1.54, 1.807) is 0 Å². The van der Waals surface area contributed by atoms with Gasteiger partial charge in [-0.15, -0.1) is 10.2 Å². The Hall–Kier alpha value is -2.49. The number of hydrogen-bond donors (Lipinski definition) is 2. The predicted octanol–water partition coefficient (Wildman–Crippen LogP) is 2.05. The zero-order valence-corrected chi connectivity index (χ0v) is 14.8. The summed E-state index contributed by atoms with van der Waals surface area (Å²) in [5, 5.41) is 13.6. The molecule has 3 rings (SSSR count). The van der Waals surface area contributed by atoms with Crippen molar-refractivity contribution in [2.45, 2.75) is 31.0 Å². The van der Waals surface area contributed by atoms with E-state index in [2.05, 4.69) is 20.8 Å². The summed E-state index contributed by atoms with van der Waals surface area (Å²) >= 11 is 1.26. The van der Waals surface area contributed by atoms with Crippen LogP contribution in [0.25, 0.3) is 0 Å². The van der Waals surface area contributed by atoms with E-state index in [1.807, 2.05) is 11.5 Å². The van der Waals surface area contributed by atoms with Gasteiger partial charge in [0, 0.05) is 17.8 Å². The molecule has 10 heteroatoms. The third-order valence-electron chi connectivity index (χ3n) is 3.73. The van der Waals surface area contributed by atoms with Gasteiger partial charge in [-0.1, -0.05) is 11.8 Å². The van der Waals surface area contributed by atoms with Crippen LogP contribution in [0, 0.1) is 18.6 Å². The third kappa shape index (κ3) is 4.57. The van der Waals surface area contributed by atoms with Crippen molar-refractivity contribution in [3.05, 3.63) is 35.7 Å². The second-order valence-corrected chi connectivity index (χ2v) is 6.82. The number of rotatable bonds is 7. The zero-order chi connectivity index (χ0) is 18.7. The van der Waals surface area contributed by atoms with E-state index in [-0.39, 0.29) is 23.9 Å². The second kappa shape index (κ2) is 7.81. The van der Waals surface area contributed by atoms with Crippen molar-refractivity contribution in [2.75, 3.05) is 17.6 Å². The lowest BCUT2D eigenvalue weighted by atomic mass is 10.3. The molecule has 7 nitrogen and oxygen atoms in total. The number of amides is 2. The van der Waals surface area contributed by atoms with Crippen molar-refractivity contribution in [3.63, 3.8) is 0 Å². The molecule has 26 heavy (non-hydrogen) atoms. The fraction of sp³-hybridized carbons (Fsp3) is 0.375. The van der Waals surface area contributed by atoms with Gasteiger partial charge in [0.25, 0.3) is 0 Å². The van der Waals surface area contributed by atoms with Crippen LogP contribution in [0.4, 0.5) is 14.5 Å². The molecule has 0 radical (unpaired) electrons. The Kier molecular flexibility index (Phi) is 5.50. The SMILES string of the molecule is Cc1nnc(SCC(=O)NCC(=O)Nc2ccc(F)c(F)c2)n1C1CC1. The highest BCUT2D eigenvalue weighted by molar-refractivity contribution is 7.99. The minimum absolute atomic E-state index is 0.101. The number of nitrogens with one attached hydrogen (secondary N) is 2. The normalized spacial score (nSPS) is 13.5. The van der Waals surface area contributed by atoms with Crippen LogP contribution in [0.2, 0.25) is 0 Å². The molecule has 1 aromatic carbocycles. The number of nitrogens with zero attached hydrogens (tertiary/aromatic N) is 3. The summed E-state index contributed by atoms with van der Waals surface area (Å²) in [6.45, 7) is 1.60. The van der Waals surface area contributed by atoms with Crippen molar-refractivity contribution in [1.29, 1.82) is 0 Å². The molecule has 1 fully saturated rings. The summed E-state index contributed by atoms with van der Waals surface area (Å²) in [4.78, 5) is 23.7. The van der Waals surface area contributed by atoms with E-state index in [9.17, 15) is 18.4 Å². The molecule has 2 N–H and O–H groups in total. The van der Waals surface area contributed by atoms with Crippen molar-refractivity contribution in [2.24, 2.45) is 0 Å². The standard InChI is InChI=1S/C16H17F2N5O2S/c1-9-21-22-16(23(9)11-3-4-11)26-8-15(25)19-7-14(24)20-10-2-5-12(17)13(18)6-10/h2,5-6,11H,3-4,7-8H2,1H3,(H,19,25)(H,20,24). The first-order valence-electron chi connectivity index (χ1n) is 8.00. The summed E-state index contributed by atoms with van der Waals surface area (Å²) in [6.07, 6.45) is 2.17. The Bertz CT molecular complexity index is 838. The number of carbonyl (C=O) groups is 2. The molecule has 0 unspecified atom stereocenters. The minimum Gasteiger partial charge on any atom is -0.346 e. The lowest BCUT2D eigenvalue weighted by Crippen LogP contribution is -2.34. The van der Waals surface area contributed by atoms with Gasteiger partial charge in [0.05, 0.1) is 12.3 Å². The predicted molar refractivity (Wildman–Crippen MR) is 91.8 cm³/mol. The van der Waals surface area contributed by atoms with Crippen LogP contribution in [-0.2, 0) is 9.59 Å². The number of thioether (sulfide) groups is 1. The highest BCUT2D eigenvalue weighted by Crippen LogP contribution is 2.38. The number of anilines is 1.